The molecule has 88 valence electrons. The summed E-state index contributed by atoms with van der Waals surface area (Å²) in [5.74, 6) is 0.227. The van der Waals surface area contributed by atoms with Crippen molar-refractivity contribution in [2.24, 2.45) is 0 Å². The van der Waals surface area contributed by atoms with E-state index in [9.17, 15) is 4.79 Å². The minimum Gasteiger partial charge on any atom is -0.496 e. The molecule has 4 nitrogen and oxygen atoms in total. The van der Waals surface area contributed by atoms with Crippen LogP contribution in [0.2, 0.25) is 5.02 Å². The first-order valence-electron chi connectivity index (χ1n) is 4.80. The zero-order valence-electron chi connectivity index (χ0n) is 9.24. The highest BCUT2D eigenvalue weighted by Gasteiger charge is 2.16. The Morgan fingerprint density at radius 1 is 1.56 bits per heavy atom. The number of likely N-dealkylation sites (N-methyl/N-ethyl adjacent to an activating group) is 1. The van der Waals surface area contributed by atoms with Gasteiger partial charge in [0.05, 0.1) is 19.3 Å². The first kappa shape index (κ1) is 12.8. The van der Waals surface area contributed by atoms with E-state index in [1.165, 1.54) is 12.0 Å². The summed E-state index contributed by atoms with van der Waals surface area (Å²) in [6.45, 7) is 0.211. The molecule has 0 saturated carbocycles. The van der Waals surface area contributed by atoms with Gasteiger partial charge in [-0.2, -0.15) is 0 Å². The molecule has 1 amide bonds. The number of carbonyl (C=O) groups excluding carboxylic acids is 1. The maximum Gasteiger partial charge on any atom is 0.257 e. The Kier molecular flexibility index (Phi) is 4.58. The van der Waals surface area contributed by atoms with Gasteiger partial charge in [-0.1, -0.05) is 11.6 Å². The van der Waals surface area contributed by atoms with Crippen molar-refractivity contribution in [2.45, 2.75) is 0 Å². The molecule has 0 unspecified atom stereocenters. The number of nitrogens with zero attached hydrogens (tertiary/aromatic N) is 1. The number of halogens is 1. The largest absolute Gasteiger partial charge is 0.496 e. The molecule has 1 N–H and O–H groups in total. The van der Waals surface area contributed by atoms with Crippen LogP contribution in [0.25, 0.3) is 0 Å². The van der Waals surface area contributed by atoms with E-state index in [4.69, 9.17) is 21.4 Å². The molecule has 0 bridgehead atoms. The third-order valence-electron chi connectivity index (χ3n) is 2.18. The van der Waals surface area contributed by atoms with Crippen molar-refractivity contribution in [3.63, 3.8) is 0 Å². The summed E-state index contributed by atoms with van der Waals surface area (Å²) in [4.78, 5) is 13.3. The highest BCUT2D eigenvalue weighted by atomic mass is 35.5. The normalized spacial score (nSPS) is 10.0. The van der Waals surface area contributed by atoms with Crippen molar-refractivity contribution in [1.29, 1.82) is 0 Å². The zero-order valence-corrected chi connectivity index (χ0v) is 9.99. The molecular weight excluding hydrogens is 230 g/mol. The molecule has 16 heavy (non-hydrogen) atoms. The predicted molar refractivity (Wildman–Crippen MR) is 62.1 cm³/mol. The summed E-state index contributed by atoms with van der Waals surface area (Å²) in [6, 6.07) is 4.82. The van der Waals surface area contributed by atoms with Crippen LogP contribution in [0.4, 0.5) is 0 Å². The van der Waals surface area contributed by atoms with Gasteiger partial charge in [0, 0.05) is 18.6 Å². The maximum atomic E-state index is 11.9. The van der Waals surface area contributed by atoms with Gasteiger partial charge in [-0.3, -0.25) is 4.79 Å². The second-order valence-electron chi connectivity index (χ2n) is 3.29. The molecule has 0 heterocycles. The van der Waals surface area contributed by atoms with E-state index in [2.05, 4.69) is 0 Å². The van der Waals surface area contributed by atoms with Crippen LogP contribution in [0.15, 0.2) is 18.2 Å². The van der Waals surface area contributed by atoms with Crippen molar-refractivity contribution in [1.82, 2.24) is 4.90 Å². The molecule has 0 aliphatic carbocycles. The Hall–Kier alpha value is -1.26. The van der Waals surface area contributed by atoms with Crippen molar-refractivity contribution in [3.05, 3.63) is 28.8 Å². The summed E-state index contributed by atoms with van der Waals surface area (Å²) < 4.78 is 5.08. The standard InChI is InChI=1S/C11H14ClNO3/c1-13(5-6-14)11(15)9-4-3-8(12)7-10(9)16-2/h3-4,7,14H,5-6H2,1-2H3. The van der Waals surface area contributed by atoms with Crippen LogP contribution in [0, 0.1) is 0 Å². The Bertz CT molecular complexity index is 381. The Balaban J connectivity index is 2.98. The Labute approximate surface area is 99.4 Å². The average Bonchev–Trinajstić information content (AvgIpc) is 2.28. The summed E-state index contributed by atoms with van der Waals surface area (Å²) in [5.41, 5.74) is 0.433. The van der Waals surface area contributed by atoms with Crippen LogP contribution in [-0.2, 0) is 0 Å². The number of benzene rings is 1. The first-order valence-corrected chi connectivity index (χ1v) is 5.17. The third kappa shape index (κ3) is 2.87. The van der Waals surface area contributed by atoms with Crippen molar-refractivity contribution in [2.75, 3.05) is 27.3 Å². The molecular formula is C11H14ClNO3. The molecule has 0 aliphatic rings. The topological polar surface area (TPSA) is 49.8 Å². The molecule has 5 heteroatoms. The Morgan fingerprint density at radius 2 is 2.25 bits per heavy atom. The molecule has 0 atom stereocenters. The molecule has 1 aromatic rings. The van der Waals surface area contributed by atoms with Crippen LogP contribution < -0.4 is 4.74 Å². The number of carbonyl (C=O) groups is 1. The van der Waals surface area contributed by atoms with E-state index in [0.29, 0.717) is 16.3 Å². The molecule has 0 aromatic heterocycles. The lowest BCUT2D eigenvalue weighted by atomic mass is 10.2. The van der Waals surface area contributed by atoms with Crippen LogP contribution in [0.3, 0.4) is 0 Å². The van der Waals surface area contributed by atoms with E-state index >= 15 is 0 Å². The molecule has 0 aliphatic heterocycles. The minimum absolute atomic E-state index is 0.0713. The molecule has 0 spiro atoms. The number of rotatable bonds is 4. The monoisotopic (exact) mass is 243 g/mol. The Morgan fingerprint density at radius 3 is 2.81 bits per heavy atom. The number of methoxy groups -OCH3 is 1. The van der Waals surface area contributed by atoms with E-state index in [1.54, 1.807) is 25.2 Å². The van der Waals surface area contributed by atoms with Gasteiger partial charge in [0.1, 0.15) is 5.75 Å². The number of hydrogen-bond acceptors (Lipinski definition) is 3. The van der Waals surface area contributed by atoms with Gasteiger partial charge in [0.2, 0.25) is 0 Å². The first-order chi connectivity index (χ1) is 7.60. The fourth-order valence-electron chi connectivity index (χ4n) is 1.30. The SMILES string of the molecule is COc1cc(Cl)ccc1C(=O)N(C)CCO. The van der Waals surface area contributed by atoms with Crippen molar-refractivity contribution < 1.29 is 14.6 Å². The summed E-state index contributed by atoms with van der Waals surface area (Å²) >= 11 is 5.80. The van der Waals surface area contributed by atoms with Gasteiger partial charge in [-0.25, -0.2) is 0 Å². The number of hydrogen-bond donors (Lipinski definition) is 1. The second-order valence-corrected chi connectivity index (χ2v) is 3.73. The third-order valence-corrected chi connectivity index (χ3v) is 2.41. The number of aliphatic hydroxyl groups is 1. The highest BCUT2D eigenvalue weighted by Crippen LogP contribution is 2.23. The number of aliphatic hydroxyl groups excluding tert-OH is 1. The van der Waals surface area contributed by atoms with Gasteiger partial charge in [0.15, 0.2) is 0 Å². The second kappa shape index (κ2) is 5.72. The summed E-state index contributed by atoms with van der Waals surface area (Å²) in [6.07, 6.45) is 0. The van der Waals surface area contributed by atoms with E-state index in [0.717, 1.165) is 0 Å². The molecule has 0 saturated heterocycles. The maximum absolute atomic E-state index is 11.9. The molecule has 1 rings (SSSR count). The smallest absolute Gasteiger partial charge is 0.257 e. The summed E-state index contributed by atoms with van der Waals surface area (Å²) in [7, 11) is 3.10. The van der Waals surface area contributed by atoms with Crippen molar-refractivity contribution >= 4 is 17.5 Å². The van der Waals surface area contributed by atoms with E-state index in [-0.39, 0.29) is 19.1 Å². The van der Waals surface area contributed by atoms with Crippen LogP contribution in [0.1, 0.15) is 10.4 Å². The summed E-state index contributed by atoms with van der Waals surface area (Å²) in [5, 5.41) is 9.27. The van der Waals surface area contributed by atoms with Gasteiger partial charge < -0.3 is 14.7 Å². The number of ether oxygens (including phenoxy) is 1. The van der Waals surface area contributed by atoms with Crippen LogP contribution in [-0.4, -0.2) is 43.2 Å². The van der Waals surface area contributed by atoms with Gasteiger partial charge >= 0.3 is 0 Å². The van der Waals surface area contributed by atoms with E-state index < -0.39 is 0 Å². The minimum atomic E-state index is -0.206. The average molecular weight is 244 g/mol. The lowest BCUT2D eigenvalue weighted by Gasteiger charge is -2.17. The molecule has 0 fully saturated rings. The lowest BCUT2D eigenvalue weighted by Crippen LogP contribution is -2.29. The molecule has 1 aromatic carbocycles. The highest BCUT2D eigenvalue weighted by molar-refractivity contribution is 6.30. The lowest BCUT2D eigenvalue weighted by molar-refractivity contribution is 0.0763. The molecule has 0 radical (unpaired) electrons. The van der Waals surface area contributed by atoms with Crippen molar-refractivity contribution in [3.8, 4) is 5.75 Å². The quantitative estimate of drug-likeness (QED) is 0.870. The fraction of sp³-hybridized carbons (Fsp3) is 0.364. The number of amides is 1. The zero-order chi connectivity index (χ0) is 12.1. The predicted octanol–water partition coefficient (Wildman–Crippen LogP) is 1.41. The van der Waals surface area contributed by atoms with Gasteiger partial charge in [-0.15, -0.1) is 0 Å². The van der Waals surface area contributed by atoms with Crippen LogP contribution in [0.5, 0.6) is 5.75 Å². The van der Waals surface area contributed by atoms with Gasteiger partial charge in [-0.05, 0) is 18.2 Å². The van der Waals surface area contributed by atoms with Gasteiger partial charge in [0.25, 0.3) is 5.91 Å². The van der Waals surface area contributed by atoms with Crippen LogP contribution >= 0.6 is 11.6 Å². The van der Waals surface area contributed by atoms with E-state index in [1.807, 2.05) is 0 Å². The fourth-order valence-corrected chi connectivity index (χ4v) is 1.46.